The summed E-state index contributed by atoms with van der Waals surface area (Å²) in [5, 5.41) is 10.8. The molecule has 3 radical (unpaired) electrons. The van der Waals surface area contributed by atoms with Crippen molar-refractivity contribution in [2.45, 2.75) is 0 Å². The van der Waals surface area contributed by atoms with Gasteiger partial charge in [0.1, 0.15) is 0 Å². The van der Waals surface area contributed by atoms with Crippen molar-refractivity contribution >= 4 is 56.7 Å². The Morgan fingerprint density at radius 3 is 2.33 bits per heavy atom. The summed E-state index contributed by atoms with van der Waals surface area (Å²) in [6.07, 6.45) is 0. The maximum atomic E-state index is 11.0. The van der Waals surface area contributed by atoms with Gasteiger partial charge in [0.05, 0.1) is 5.56 Å². The van der Waals surface area contributed by atoms with Crippen molar-refractivity contribution in [3.8, 4) is 0 Å². The topological polar surface area (TPSA) is 37.3 Å². The molecule has 2 aromatic carbocycles. The molecule has 0 heterocycles. The predicted molar refractivity (Wildman–Crippen MR) is 69.4 cm³/mol. The number of carboxylic acid groups (broad SMARTS) is 1. The third-order valence-corrected chi connectivity index (χ3v) is 2.98. The van der Waals surface area contributed by atoms with Crippen molar-refractivity contribution in [2.24, 2.45) is 0 Å². The van der Waals surface area contributed by atoms with Crippen molar-refractivity contribution in [1.29, 1.82) is 0 Å². The highest BCUT2D eigenvalue weighted by Gasteiger charge is 2.09. The zero-order valence-corrected chi connectivity index (χ0v) is 11.1. The molecule has 0 fully saturated rings. The Bertz CT molecular complexity index is 506. The van der Waals surface area contributed by atoms with Crippen LogP contribution in [-0.4, -0.2) is 28.4 Å². The average Bonchev–Trinajstić information content (AvgIpc) is 2.17. The van der Waals surface area contributed by atoms with E-state index in [2.05, 4.69) is 22.6 Å². The van der Waals surface area contributed by atoms with Crippen LogP contribution in [0.1, 0.15) is 10.4 Å². The summed E-state index contributed by atoms with van der Waals surface area (Å²) in [7, 11) is 0. The Kier molecular flexibility index (Phi) is 4.14. The van der Waals surface area contributed by atoms with Crippen molar-refractivity contribution in [2.75, 3.05) is 0 Å². The van der Waals surface area contributed by atoms with Gasteiger partial charge in [0.15, 0.2) is 0 Å². The monoisotopic (exact) mass is 325 g/mol. The first kappa shape index (κ1) is 12.5. The standard InChI is InChI=1S/C11H7IO2.Al/c12-9-6-2-4-7-3-1-5-8(10(7)9)11(13)14;/h1-6H,(H,13,14);. The number of fused-ring (bicyclic) bond motifs is 1. The van der Waals surface area contributed by atoms with Gasteiger partial charge in [-0.3, -0.25) is 0 Å². The minimum Gasteiger partial charge on any atom is -0.478 e. The summed E-state index contributed by atoms with van der Waals surface area (Å²) in [5.74, 6) is -0.875. The molecule has 0 spiro atoms. The first-order chi connectivity index (χ1) is 6.70. The van der Waals surface area contributed by atoms with Gasteiger partial charge in [-0.05, 0) is 40.1 Å². The maximum Gasteiger partial charge on any atom is 0.336 e. The molecule has 1 N–H and O–H groups in total. The highest BCUT2D eigenvalue weighted by atomic mass is 127. The van der Waals surface area contributed by atoms with Crippen LogP contribution in [-0.2, 0) is 0 Å². The summed E-state index contributed by atoms with van der Waals surface area (Å²) in [4.78, 5) is 11.0. The number of benzene rings is 2. The zero-order valence-electron chi connectivity index (χ0n) is 7.77. The second-order valence-corrected chi connectivity index (χ2v) is 4.11. The highest BCUT2D eigenvalue weighted by molar-refractivity contribution is 14.1. The molecule has 2 nitrogen and oxygen atoms in total. The van der Waals surface area contributed by atoms with E-state index in [1.807, 2.05) is 24.3 Å². The number of hydrogen-bond acceptors (Lipinski definition) is 1. The van der Waals surface area contributed by atoms with Gasteiger partial charge < -0.3 is 5.11 Å². The van der Waals surface area contributed by atoms with Crippen LogP contribution >= 0.6 is 22.6 Å². The summed E-state index contributed by atoms with van der Waals surface area (Å²) in [5.41, 5.74) is 0.368. The molecule has 2 aromatic rings. The molecular formula is C11H7AlIO2. The van der Waals surface area contributed by atoms with E-state index in [0.29, 0.717) is 5.56 Å². The Morgan fingerprint density at radius 1 is 1.13 bits per heavy atom. The fraction of sp³-hybridized carbons (Fsp3) is 0. The van der Waals surface area contributed by atoms with Crippen LogP contribution < -0.4 is 0 Å². The lowest BCUT2D eigenvalue weighted by atomic mass is 10.1. The quantitative estimate of drug-likeness (QED) is 0.647. The number of halogens is 1. The second kappa shape index (κ2) is 4.97. The zero-order chi connectivity index (χ0) is 10.1. The van der Waals surface area contributed by atoms with E-state index in [4.69, 9.17) is 5.11 Å². The molecule has 0 aliphatic heterocycles. The molecule has 0 saturated heterocycles. The molecule has 2 rings (SSSR count). The Hall–Kier alpha value is -0.568. The largest absolute Gasteiger partial charge is 0.478 e. The summed E-state index contributed by atoms with van der Waals surface area (Å²) >= 11 is 2.15. The number of carbonyl (C=O) groups is 1. The van der Waals surface area contributed by atoms with Crippen molar-refractivity contribution < 1.29 is 9.90 Å². The minimum absolute atomic E-state index is 0. The Balaban J connectivity index is 0.00000112. The normalized spacial score (nSPS) is 9.67. The molecular weight excluding hydrogens is 318 g/mol. The fourth-order valence-corrected chi connectivity index (χ4v) is 2.28. The number of aromatic carboxylic acids is 1. The minimum atomic E-state index is -0.875. The van der Waals surface area contributed by atoms with Crippen LogP contribution in [0.3, 0.4) is 0 Å². The van der Waals surface area contributed by atoms with Gasteiger partial charge in [0.25, 0.3) is 0 Å². The predicted octanol–water partition coefficient (Wildman–Crippen LogP) is 2.76. The summed E-state index contributed by atoms with van der Waals surface area (Å²) in [6.45, 7) is 0. The molecule has 0 unspecified atom stereocenters. The van der Waals surface area contributed by atoms with Gasteiger partial charge in [-0.1, -0.05) is 24.3 Å². The third kappa shape index (κ3) is 2.33. The Labute approximate surface area is 112 Å². The lowest BCUT2D eigenvalue weighted by molar-refractivity contribution is 0.0699. The smallest absolute Gasteiger partial charge is 0.336 e. The van der Waals surface area contributed by atoms with Crippen molar-refractivity contribution in [3.63, 3.8) is 0 Å². The second-order valence-electron chi connectivity index (χ2n) is 2.95. The lowest BCUT2D eigenvalue weighted by Gasteiger charge is -2.03. The molecule has 0 aromatic heterocycles. The first-order valence-electron chi connectivity index (χ1n) is 4.10. The molecule has 0 atom stereocenters. The van der Waals surface area contributed by atoms with Crippen LogP contribution in [0, 0.1) is 3.57 Å². The molecule has 0 amide bonds. The molecule has 0 aliphatic carbocycles. The number of hydrogen-bond donors (Lipinski definition) is 1. The van der Waals surface area contributed by atoms with Crippen LogP contribution in [0.15, 0.2) is 36.4 Å². The van der Waals surface area contributed by atoms with Crippen LogP contribution in [0.5, 0.6) is 0 Å². The molecule has 73 valence electrons. The van der Waals surface area contributed by atoms with Crippen LogP contribution in [0.25, 0.3) is 10.8 Å². The van der Waals surface area contributed by atoms with Crippen molar-refractivity contribution in [1.82, 2.24) is 0 Å². The Morgan fingerprint density at radius 2 is 1.73 bits per heavy atom. The maximum absolute atomic E-state index is 11.0. The number of carboxylic acids is 1. The third-order valence-electron chi connectivity index (χ3n) is 2.08. The van der Waals surface area contributed by atoms with Gasteiger partial charge in [-0.15, -0.1) is 0 Å². The fourth-order valence-electron chi connectivity index (χ4n) is 1.47. The van der Waals surface area contributed by atoms with E-state index < -0.39 is 5.97 Å². The summed E-state index contributed by atoms with van der Waals surface area (Å²) < 4.78 is 0.970. The summed E-state index contributed by atoms with van der Waals surface area (Å²) in [6, 6.07) is 11.1. The van der Waals surface area contributed by atoms with Crippen LogP contribution in [0.2, 0.25) is 0 Å². The number of rotatable bonds is 1. The van der Waals surface area contributed by atoms with Gasteiger partial charge in [-0.2, -0.15) is 0 Å². The molecule has 0 aliphatic rings. The van der Waals surface area contributed by atoms with E-state index in [-0.39, 0.29) is 17.4 Å². The van der Waals surface area contributed by atoms with E-state index >= 15 is 0 Å². The van der Waals surface area contributed by atoms with Gasteiger partial charge >= 0.3 is 5.97 Å². The van der Waals surface area contributed by atoms with E-state index in [0.717, 1.165) is 14.3 Å². The van der Waals surface area contributed by atoms with Gasteiger partial charge in [0, 0.05) is 26.3 Å². The average molecular weight is 325 g/mol. The van der Waals surface area contributed by atoms with Crippen LogP contribution in [0.4, 0.5) is 0 Å². The molecule has 15 heavy (non-hydrogen) atoms. The molecule has 0 bridgehead atoms. The van der Waals surface area contributed by atoms with E-state index in [1.54, 1.807) is 12.1 Å². The van der Waals surface area contributed by atoms with Gasteiger partial charge in [-0.25, -0.2) is 4.79 Å². The SMILES string of the molecule is O=C(O)c1cccc2cccc(I)c12.[Al]. The van der Waals surface area contributed by atoms with E-state index in [1.165, 1.54) is 0 Å². The molecule has 4 heteroatoms. The van der Waals surface area contributed by atoms with Crippen molar-refractivity contribution in [3.05, 3.63) is 45.5 Å². The first-order valence-corrected chi connectivity index (χ1v) is 5.18. The molecule has 0 saturated carbocycles. The van der Waals surface area contributed by atoms with E-state index in [9.17, 15) is 4.79 Å². The lowest BCUT2D eigenvalue weighted by Crippen LogP contribution is -1.98. The van der Waals surface area contributed by atoms with Gasteiger partial charge in [0.2, 0.25) is 0 Å². The highest BCUT2D eigenvalue weighted by Crippen LogP contribution is 2.24.